The summed E-state index contributed by atoms with van der Waals surface area (Å²) in [5.41, 5.74) is 1.70. The molecule has 1 aliphatic heterocycles. The number of hydrogen-bond donors (Lipinski definition) is 1. The Labute approximate surface area is 126 Å². The molecule has 0 saturated carbocycles. The molecular weight excluding hydrogens is 266 g/mol. The topological polar surface area (TPSA) is 54.5 Å². The van der Waals surface area contributed by atoms with E-state index in [0.717, 1.165) is 56.0 Å². The molecule has 1 saturated heterocycles. The maximum absolute atomic E-state index is 12.7. The third kappa shape index (κ3) is 3.94. The average Bonchev–Trinajstić information content (AvgIpc) is 2.95. The molecule has 116 valence electrons. The van der Waals surface area contributed by atoms with Gasteiger partial charge in [-0.25, -0.2) is 4.98 Å². The summed E-state index contributed by atoms with van der Waals surface area (Å²) in [6, 6.07) is 3.77. The summed E-state index contributed by atoms with van der Waals surface area (Å²) in [5.74, 6) is 1.32. The zero-order valence-corrected chi connectivity index (χ0v) is 13.2. The largest absolute Gasteiger partial charge is 0.384 e. The van der Waals surface area contributed by atoms with E-state index in [9.17, 15) is 4.79 Å². The van der Waals surface area contributed by atoms with Crippen LogP contribution in [0.25, 0.3) is 0 Å². The van der Waals surface area contributed by atoms with E-state index in [1.165, 1.54) is 0 Å². The molecule has 1 aromatic heterocycles. The second-order valence-corrected chi connectivity index (χ2v) is 5.59. The van der Waals surface area contributed by atoms with Gasteiger partial charge in [-0.15, -0.1) is 0 Å². The van der Waals surface area contributed by atoms with E-state index < -0.39 is 0 Å². The minimum absolute atomic E-state index is 0.102. The van der Waals surface area contributed by atoms with Crippen molar-refractivity contribution in [1.82, 2.24) is 9.88 Å². The van der Waals surface area contributed by atoms with Gasteiger partial charge in [-0.3, -0.25) is 4.79 Å². The van der Waals surface area contributed by atoms with Gasteiger partial charge in [0.05, 0.1) is 6.61 Å². The minimum atomic E-state index is 0.102. The maximum atomic E-state index is 12.7. The number of pyridine rings is 1. The molecule has 2 heterocycles. The quantitative estimate of drug-likeness (QED) is 0.873. The summed E-state index contributed by atoms with van der Waals surface area (Å²) in [4.78, 5) is 19.1. The fourth-order valence-electron chi connectivity index (χ4n) is 2.79. The lowest BCUT2D eigenvalue weighted by atomic mass is 10.1. The van der Waals surface area contributed by atoms with Crippen LogP contribution in [0.2, 0.25) is 0 Å². The van der Waals surface area contributed by atoms with E-state index in [2.05, 4.69) is 17.2 Å². The molecule has 0 aliphatic carbocycles. The van der Waals surface area contributed by atoms with Gasteiger partial charge in [0.15, 0.2) is 0 Å². The van der Waals surface area contributed by atoms with E-state index in [-0.39, 0.29) is 5.91 Å². The fourth-order valence-corrected chi connectivity index (χ4v) is 2.79. The van der Waals surface area contributed by atoms with Crippen LogP contribution in [0.4, 0.5) is 5.82 Å². The summed E-state index contributed by atoms with van der Waals surface area (Å²) < 4.78 is 5.19. The molecule has 0 spiro atoms. The van der Waals surface area contributed by atoms with Crippen molar-refractivity contribution in [3.63, 3.8) is 0 Å². The van der Waals surface area contributed by atoms with Gasteiger partial charge < -0.3 is 15.0 Å². The van der Waals surface area contributed by atoms with Gasteiger partial charge in [0, 0.05) is 44.4 Å². The number of nitrogens with zero attached hydrogens (tertiary/aromatic N) is 2. The summed E-state index contributed by atoms with van der Waals surface area (Å²) in [6.45, 7) is 4.44. The van der Waals surface area contributed by atoms with Gasteiger partial charge in [0.25, 0.3) is 5.91 Å². The molecule has 21 heavy (non-hydrogen) atoms. The fraction of sp³-hybridized carbons (Fsp3) is 0.625. The smallest absolute Gasteiger partial charge is 0.254 e. The molecule has 1 N–H and O–H groups in total. The van der Waals surface area contributed by atoms with Gasteiger partial charge in [-0.05, 0) is 25.0 Å². The highest BCUT2D eigenvalue weighted by molar-refractivity contribution is 5.95. The number of anilines is 1. The van der Waals surface area contributed by atoms with Gasteiger partial charge in [0.2, 0.25) is 0 Å². The molecule has 1 aromatic rings. The first-order chi connectivity index (χ1) is 10.2. The summed E-state index contributed by atoms with van der Waals surface area (Å²) in [6.07, 6.45) is 2.93. The highest BCUT2D eigenvalue weighted by Gasteiger charge is 2.27. The first-order valence-corrected chi connectivity index (χ1v) is 7.64. The van der Waals surface area contributed by atoms with Crippen LogP contribution in [0.15, 0.2) is 12.1 Å². The van der Waals surface area contributed by atoms with E-state index in [0.29, 0.717) is 5.92 Å². The first kappa shape index (κ1) is 15.8. The Morgan fingerprint density at radius 3 is 3.00 bits per heavy atom. The average molecular weight is 291 g/mol. The number of nitrogens with one attached hydrogen (secondary N) is 1. The van der Waals surface area contributed by atoms with E-state index in [4.69, 9.17) is 4.74 Å². The van der Waals surface area contributed by atoms with E-state index in [1.807, 2.05) is 24.1 Å². The van der Waals surface area contributed by atoms with Crippen molar-refractivity contribution >= 4 is 11.7 Å². The highest BCUT2D eigenvalue weighted by Crippen LogP contribution is 2.20. The molecule has 1 atom stereocenters. The number of amides is 1. The standard InChI is InChI=1S/C16H25N3O2/c1-4-5-14-8-13(9-15(17-2)18-14)16(20)19-7-6-12(10-19)11-21-3/h8-9,12H,4-7,10-11H2,1-3H3,(H,17,18). The normalized spacial score (nSPS) is 18.0. The van der Waals surface area contributed by atoms with Crippen LogP contribution in [0.1, 0.15) is 35.8 Å². The van der Waals surface area contributed by atoms with Crippen molar-refractivity contribution in [2.45, 2.75) is 26.2 Å². The lowest BCUT2D eigenvalue weighted by Crippen LogP contribution is -2.29. The molecule has 1 fully saturated rings. The number of carbonyl (C=O) groups is 1. The number of aromatic nitrogens is 1. The van der Waals surface area contributed by atoms with Gasteiger partial charge in [-0.1, -0.05) is 13.3 Å². The number of ether oxygens (including phenoxy) is 1. The van der Waals surface area contributed by atoms with Crippen molar-refractivity contribution in [2.24, 2.45) is 5.92 Å². The molecule has 0 aromatic carbocycles. The maximum Gasteiger partial charge on any atom is 0.254 e. The summed E-state index contributed by atoms with van der Waals surface area (Å²) in [7, 11) is 3.54. The molecule has 0 bridgehead atoms. The Balaban J connectivity index is 2.13. The number of hydrogen-bond acceptors (Lipinski definition) is 4. The van der Waals surface area contributed by atoms with Crippen LogP contribution < -0.4 is 5.32 Å². The Morgan fingerprint density at radius 1 is 1.52 bits per heavy atom. The third-order valence-corrected chi connectivity index (χ3v) is 3.86. The number of rotatable bonds is 6. The number of aryl methyl sites for hydroxylation is 1. The minimum Gasteiger partial charge on any atom is -0.384 e. The van der Waals surface area contributed by atoms with Gasteiger partial charge in [0.1, 0.15) is 5.82 Å². The second kappa shape index (κ2) is 7.41. The first-order valence-electron chi connectivity index (χ1n) is 7.64. The van der Waals surface area contributed by atoms with Crippen LogP contribution in [-0.2, 0) is 11.2 Å². The van der Waals surface area contributed by atoms with E-state index >= 15 is 0 Å². The molecule has 0 radical (unpaired) electrons. The van der Waals surface area contributed by atoms with Crippen LogP contribution in [-0.4, -0.2) is 49.6 Å². The second-order valence-electron chi connectivity index (χ2n) is 5.59. The molecule has 1 unspecified atom stereocenters. The van der Waals surface area contributed by atoms with Crippen LogP contribution in [0.3, 0.4) is 0 Å². The Morgan fingerprint density at radius 2 is 2.33 bits per heavy atom. The van der Waals surface area contributed by atoms with Gasteiger partial charge in [-0.2, -0.15) is 0 Å². The van der Waals surface area contributed by atoms with Crippen LogP contribution >= 0.6 is 0 Å². The number of carbonyl (C=O) groups excluding carboxylic acids is 1. The van der Waals surface area contributed by atoms with Crippen molar-refractivity contribution in [2.75, 3.05) is 39.2 Å². The van der Waals surface area contributed by atoms with Crippen molar-refractivity contribution < 1.29 is 9.53 Å². The summed E-state index contributed by atoms with van der Waals surface area (Å²) >= 11 is 0. The van der Waals surface area contributed by atoms with Crippen molar-refractivity contribution in [3.05, 3.63) is 23.4 Å². The molecule has 2 rings (SSSR count). The monoisotopic (exact) mass is 291 g/mol. The molecule has 5 heteroatoms. The predicted octanol–water partition coefficient (Wildman–Crippen LogP) is 2.18. The van der Waals surface area contributed by atoms with Crippen LogP contribution in [0.5, 0.6) is 0 Å². The van der Waals surface area contributed by atoms with Gasteiger partial charge >= 0.3 is 0 Å². The molecule has 1 amide bonds. The Bertz CT molecular complexity index is 490. The molecular formula is C16H25N3O2. The zero-order chi connectivity index (χ0) is 15.2. The zero-order valence-electron chi connectivity index (χ0n) is 13.2. The SMILES string of the molecule is CCCc1cc(C(=O)N2CCC(COC)C2)cc(NC)n1. The highest BCUT2D eigenvalue weighted by atomic mass is 16.5. The van der Waals surface area contributed by atoms with E-state index in [1.54, 1.807) is 7.11 Å². The van der Waals surface area contributed by atoms with Crippen molar-refractivity contribution in [3.8, 4) is 0 Å². The summed E-state index contributed by atoms with van der Waals surface area (Å²) in [5, 5.41) is 3.04. The molecule has 1 aliphatic rings. The van der Waals surface area contributed by atoms with Crippen molar-refractivity contribution in [1.29, 1.82) is 0 Å². The van der Waals surface area contributed by atoms with Crippen LogP contribution in [0, 0.1) is 5.92 Å². The Hall–Kier alpha value is -1.62. The lowest BCUT2D eigenvalue weighted by Gasteiger charge is -2.17. The number of methoxy groups -OCH3 is 1. The third-order valence-electron chi connectivity index (χ3n) is 3.86. The predicted molar refractivity (Wildman–Crippen MR) is 83.7 cm³/mol. The lowest BCUT2D eigenvalue weighted by molar-refractivity contribution is 0.0775. The Kier molecular flexibility index (Phi) is 5.56. The number of likely N-dealkylation sites (tertiary alicyclic amines) is 1. The molecule has 5 nitrogen and oxygen atoms in total.